The van der Waals surface area contributed by atoms with Crippen molar-refractivity contribution >= 4 is 11.5 Å². The van der Waals surface area contributed by atoms with Crippen LogP contribution in [0.15, 0.2) is 40.9 Å². The molecule has 1 aliphatic heterocycles. The molecule has 1 aromatic carbocycles. The zero-order valence-corrected chi connectivity index (χ0v) is 13.2. The van der Waals surface area contributed by atoms with Crippen LogP contribution in [-0.2, 0) is 9.53 Å². The van der Waals surface area contributed by atoms with Gasteiger partial charge >= 0.3 is 0 Å². The molecule has 0 spiro atoms. The minimum Gasteiger partial charge on any atom is -0.366 e. The van der Waals surface area contributed by atoms with E-state index in [0.29, 0.717) is 31.4 Å². The van der Waals surface area contributed by atoms with Crippen LogP contribution in [0.4, 0.5) is 0 Å². The molecule has 6 nitrogen and oxygen atoms in total. The van der Waals surface area contributed by atoms with Gasteiger partial charge in [-0.15, -0.1) is 0 Å². The van der Waals surface area contributed by atoms with Crippen LogP contribution in [0.5, 0.6) is 0 Å². The van der Waals surface area contributed by atoms with E-state index in [-0.39, 0.29) is 12.0 Å². The quantitative estimate of drug-likeness (QED) is 0.814. The Hall–Kier alpha value is -2.47. The van der Waals surface area contributed by atoms with E-state index < -0.39 is 0 Å². The van der Waals surface area contributed by atoms with Crippen molar-refractivity contribution in [1.82, 2.24) is 15.0 Å². The summed E-state index contributed by atoms with van der Waals surface area (Å²) in [6.45, 7) is 5.12. The molecule has 0 aliphatic carbocycles. The first-order chi connectivity index (χ1) is 11.1. The Labute approximate surface area is 134 Å². The fourth-order valence-electron chi connectivity index (χ4n) is 2.51. The molecule has 1 amide bonds. The van der Waals surface area contributed by atoms with Crippen molar-refractivity contribution in [2.24, 2.45) is 0 Å². The largest absolute Gasteiger partial charge is 0.366 e. The summed E-state index contributed by atoms with van der Waals surface area (Å²) < 4.78 is 10.6. The van der Waals surface area contributed by atoms with E-state index in [1.807, 2.05) is 37.3 Å². The van der Waals surface area contributed by atoms with Gasteiger partial charge in [-0.3, -0.25) is 4.79 Å². The molecule has 0 saturated carbocycles. The second kappa shape index (κ2) is 6.75. The summed E-state index contributed by atoms with van der Waals surface area (Å²) in [5.41, 5.74) is 1.98. The SMILES string of the molecule is C/C(=C\C(=O)N1CCOC(c2noc(C)n2)C1)c1ccccc1. The van der Waals surface area contributed by atoms with E-state index >= 15 is 0 Å². The fourth-order valence-corrected chi connectivity index (χ4v) is 2.51. The number of hydrogen-bond donors (Lipinski definition) is 0. The highest BCUT2D eigenvalue weighted by Gasteiger charge is 2.27. The van der Waals surface area contributed by atoms with Gasteiger partial charge in [0.1, 0.15) is 6.10 Å². The van der Waals surface area contributed by atoms with Crippen molar-refractivity contribution < 1.29 is 14.1 Å². The zero-order valence-electron chi connectivity index (χ0n) is 13.2. The molecule has 3 rings (SSSR count). The van der Waals surface area contributed by atoms with Crippen molar-refractivity contribution in [3.63, 3.8) is 0 Å². The monoisotopic (exact) mass is 313 g/mol. The summed E-state index contributed by atoms with van der Waals surface area (Å²) in [7, 11) is 0. The Morgan fingerprint density at radius 3 is 2.83 bits per heavy atom. The van der Waals surface area contributed by atoms with Gasteiger partial charge in [0.2, 0.25) is 17.6 Å². The Morgan fingerprint density at radius 2 is 2.13 bits per heavy atom. The molecule has 0 radical (unpaired) electrons. The molecule has 2 aromatic rings. The second-order valence-corrected chi connectivity index (χ2v) is 5.51. The number of nitrogens with zero attached hydrogens (tertiary/aromatic N) is 3. The van der Waals surface area contributed by atoms with E-state index in [1.54, 1.807) is 17.9 Å². The number of carbonyl (C=O) groups excluding carboxylic acids is 1. The van der Waals surface area contributed by atoms with E-state index in [9.17, 15) is 4.79 Å². The van der Waals surface area contributed by atoms with Gasteiger partial charge in [-0.05, 0) is 18.1 Å². The number of hydrogen-bond acceptors (Lipinski definition) is 5. The summed E-state index contributed by atoms with van der Waals surface area (Å²) in [6, 6.07) is 9.85. The van der Waals surface area contributed by atoms with Gasteiger partial charge in [0.25, 0.3) is 0 Å². The Morgan fingerprint density at radius 1 is 1.35 bits per heavy atom. The first-order valence-corrected chi connectivity index (χ1v) is 7.58. The lowest BCUT2D eigenvalue weighted by atomic mass is 10.1. The lowest BCUT2D eigenvalue weighted by Crippen LogP contribution is -2.41. The third-order valence-corrected chi connectivity index (χ3v) is 3.78. The van der Waals surface area contributed by atoms with E-state index in [1.165, 1.54) is 0 Å². The first kappa shape index (κ1) is 15.4. The van der Waals surface area contributed by atoms with Crippen molar-refractivity contribution in [2.75, 3.05) is 19.7 Å². The van der Waals surface area contributed by atoms with Gasteiger partial charge in [0.05, 0.1) is 13.2 Å². The lowest BCUT2D eigenvalue weighted by Gasteiger charge is -2.30. The molecule has 6 heteroatoms. The molecule has 1 fully saturated rings. The standard InChI is InChI=1S/C17H19N3O3/c1-12(14-6-4-3-5-7-14)10-16(21)20-8-9-22-15(11-20)17-18-13(2)23-19-17/h3-7,10,15H,8-9,11H2,1-2H3/b12-10+. The van der Waals surface area contributed by atoms with Crippen molar-refractivity contribution in [1.29, 1.82) is 0 Å². The molecule has 1 aliphatic rings. The number of aromatic nitrogens is 2. The number of aryl methyl sites for hydroxylation is 1. The van der Waals surface area contributed by atoms with Crippen LogP contribution in [0.1, 0.15) is 30.3 Å². The topological polar surface area (TPSA) is 68.5 Å². The van der Waals surface area contributed by atoms with E-state index in [2.05, 4.69) is 10.1 Å². The molecule has 2 heterocycles. The predicted octanol–water partition coefficient (Wildman–Crippen LogP) is 2.38. The number of morpholine rings is 1. The van der Waals surface area contributed by atoms with Crippen molar-refractivity contribution in [3.05, 3.63) is 53.7 Å². The lowest BCUT2D eigenvalue weighted by molar-refractivity contribution is -0.134. The Balaban J connectivity index is 1.70. The van der Waals surface area contributed by atoms with E-state index in [0.717, 1.165) is 11.1 Å². The highest BCUT2D eigenvalue weighted by molar-refractivity contribution is 5.94. The smallest absolute Gasteiger partial charge is 0.247 e. The van der Waals surface area contributed by atoms with Crippen LogP contribution < -0.4 is 0 Å². The molecule has 23 heavy (non-hydrogen) atoms. The molecule has 1 unspecified atom stereocenters. The minimum atomic E-state index is -0.337. The van der Waals surface area contributed by atoms with Gasteiger partial charge in [-0.25, -0.2) is 0 Å². The third-order valence-electron chi connectivity index (χ3n) is 3.78. The summed E-state index contributed by atoms with van der Waals surface area (Å²) in [6.07, 6.45) is 1.33. The van der Waals surface area contributed by atoms with Crippen LogP contribution in [-0.4, -0.2) is 40.6 Å². The first-order valence-electron chi connectivity index (χ1n) is 7.58. The van der Waals surface area contributed by atoms with Gasteiger partial charge in [-0.1, -0.05) is 35.5 Å². The van der Waals surface area contributed by atoms with Gasteiger partial charge in [-0.2, -0.15) is 4.98 Å². The Kier molecular flexibility index (Phi) is 4.52. The molecular weight excluding hydrogens is 294 g/mol. The number of rotatable bonds is 3. The molecular formula is C17H19N3O3. The minimum absolute atomic E-state index is 0.0279. The predicted molar refractivity (Wildman–Crippen MR) is 84.4 cm³/mol. The second-order valence-electron chi connectivity index (χ2n) is 5.51. The van der Waals surface area contributed by atoms with Crippen LogP contribution in [0.3, 0.4) is 0 Å². The fraction of sp³-hybridized carbons (Fsp3) is 0.353. The number of ether oxygens (including phenoxy) is 1. The van der Waals surface area contributed by atoms with Gasteiger partial charge in [0, 0.05) is 19.5 Å². The van der Waals surface area contributed by atoms with Crippen LogP contribution in [0, 0.1) is 6.92 Å². The molecule has 1 saturated heterocycles. The third kappa shape index (κ3) is 3.65. The number of benzene rings is 1. The normalized spacial score (nSPS) is 19.0. The molecule has 120 valence electrons. The van der Waals surface area contributed by atoms with Crippen molar-refractivity contribution in [3.8, 4) is 0 Å². The van der Waals surface area contributed by atoms with Crippen molar-refractivity contribution in [2.45, 2.75) is 20.0 Å². The molecule has 0 bridgehead atoms. The highest BCUT2D eigenvalue weighted by atomic mass is 16.5. The summed E-state index contributed by atoms with van der Waals surface area (Å²) in [4.78, 5) is 18.4. The number of amides is 1. The Bertz CT molecular complexity index is 709. The van der Waals surface area contributed by atoms with Gasteiger partial charge in [0.15, 0.2) is 0 Å². The highest BCUT2D eigenvalue weighted by Crippen LogP contribution is 2.21. The molecule has 0 N–H and O–H groups in total. The maximum atomic E-state index is 12.5. The number of carbonyl (C=O) groups is 1. The average Bonchev–Trinajstić information content (AvgIpc) is 3.02. The molecule has 1 atom stereocenters. The van der Waals surface area contributed by atoms with Crippen LogP contribution >= 0.6 is 0 Å². The average molecular weight is 313 g/mol. The van der Waals surface area contributed by atoms with Crippen LogP contribution in [0.2, 0.25) is 0 Å². The number of allylic oxidation sites excluding steroid dienone is 1. The maximum absolute atomic E-state index is 12.5. The summed E-state index contributed by atoms with van der Waals surface area (Å²) in [5.74, 6) is 0.954. The summed E-state index contributed by atoms with van der Waals surface area (Å²) >= 11 is 0. The zero-order chi connectivity index (χ0) is 16.2. The molecule has 1 aromatic heterocycles. The maximum Gasteiger partial charge on any atom is 0.247 e. The van der Waals surface area contributed by atoms with Gasteiger partial charge < -0.3 is 14.2 Å². The summed E-state index contributed by atoms with van der Waals surface area (Å²) in [5, 5.41) is 3.88. The van der Waals surface area contributed by atoms with E-state index in [4.69, 9.17) is 9.26 Å². The van der Waals surface area contributed by atoms with Crippen LogP contribution in [0.25, 0.3) is 5.57 Å².